The average molecular weight is 265 g/mol. The van der Waals surface area contributed by atoms with Crippen LogP contribution in [0.25, 0.3) is 0 Å². The molecule has 1 aromatic rings. The summed E-state index contributed by atoms with van der Waals surface area (Å²) in [4.78, 5) is 2.14. The second-order valence-electron chi connectivity index (χ2n) is 5.12. The molecule has 108 valence electrons. The largest absolute Gasteiger partial charge is 0.387 e. The molecule has 0 amide bonds. The number of hydrogen-bond acceptors (Lipinski definition) is 3. The van der Waals surface area contributed by atoms with E-state index < -0.39 is 6.10 Å². The molecule has 3 nitrogen and oxygen atoms in total. The highest BCUT2D eigenvalue weighted by Crippen LogP contribution is 2.15. The van der Waals surface area contributed by atoms with Crippen molar-refractivity contribution in [2.75, 3.05) is 33.9 Å². The standard InChI is InChI=1S/C16H27NO2/c1-4-6-14-7-9-15(10-8-14)16(18)13-17(2)11-5-12-19-3/h7-10,16,18H,4-6,11-13H2,1-3H3. The van der Waals surface area contributed by atoms with Gasteiger partial charge in [-0.15, -0.1) is 0 Å². The number of hydrogen-bond donors (Lipinski definition) is 1. The first-order valence-corrected chi connectivity index (χ1v) is 7.11. The van der Waals surface area contributed by atoms with Crippen molar-refractivity contribution < 1.29 is 9.84 Å². The maximum absolute atomic E-state index is 10.2. The maximum atomic E-state index is 10.2. The van der Waals surface area contributed by atoms with Gasteiger partial charge >= 0.3 is 0 Å². The second kappa shape index (κ2) is 9.08. The number of methoxy groups -OCH3 is 1. The third kappa shape index (κ3) is 6.19. The summed E-state index contributed by atoms with van der Waals surface area (Å²) in [6.45, 7) is 4.56. The maximum Gasteiger partial charge on any atom is 0.0916 e. The molecule has 0 aliphatic rings. The molecule has 1 rings (SSSR count). The van der Waals surface area contributed by atoms with Gasteiger partial charge in [0, 0.05) is 26.8 Å². The van der Waals surface area contributed by atoms with Crippen LogP contribution in [0.3, 0.4) is 0 Å². The molecule has 1 atom stereocenters. The van der Waals surface area contributed by atoms with Gasteiger partial charge in [0.15, 0.2) is 0 Å². The van der Waals surface area contributed by atoms with Crippen molar-refractivity contribution in [1.29, 1.82) is 0 Å². The molecule has 0 heterocycles. The third-order valence-corrected chi connectivity index (χ3v) is 3.28. The summed E-state index contributed by atoms with van der Waals surface area (Å²) in [5, 5.41) is 10.2. The molecule has 0 radical (unpaired) electrons. The summed E-state index contributed by atoms with van der Waals surface area (Å²) in [5.41, 5.74) is 2.34. The monoisotopic (exact) mass is 265 g/mol. The Morgan fingerprint density at radius 1 is 1.26 bits per heavy atom. The molecule has 0 aromatic heterocycles. The zero-order valence-corrected chi connectivity index (χ0v) is 12.4. The van der Waals surface area contributed by atoms with Gasteiger partial charge in [-0.2, -0.15) is 0 Å². The van der Waals surface area contributed by atoms with Gasteiger partial charge in [-0.25, -0.2) is 0 Å². The zero-order valence-electron chi connectivity index (χ0n) is 12.4. The summed E-state index contributed by atoms with van der Waals surface area (Å²) in [7, 11) is 3.75. The van der Waals surface area contributed by atoms with E-state index >= 15 is 0 Å². The van der Waals surface area contributed by atoms with E-state index in [-0.39, 0.29) is 0 Å². The van der Waals surface area contributed by atoms with Gasteiger partial charge in [-0.1, -0.05) is 37.6 Å². The molecule has 1 N–H and O–H groups in total. The van der Waals surface area contributed by atoms with Crippen LogP contribution in [0.4, 0.5) is 0 Å². The SMILES string of the molecule is CCCc1ccc(C(O)CN(C)CCCOC)cc1. The quantitative estimate of drug-likeness (QED) is 0.697. The van der Waals surface area contributed by atoms with Crippen LogP contribution in [0.15, 0.2) is 24.3 Å². The van der Waals surface area contributed by atoms with Crippen LogP contribution in [0.5, 0.6) is 0 Å². The van der Waals surface area contributed by atoms with Gasteiger partial charge in [0.1, 0.15) is 0 Å². The van der Waals surface area contributed by atoms with Crippen LogP contribution < -0.4 is 0 Å². The summed E-state index contributed by atoms with van der Waals surface area (Å²) in [6.07, 6.45) is 2.84. The number of nitrogens with zero attached hydrogens (tertiary/aromatic N) is 1. The van der Waals surface area contributed by atoms with Crippen LogP contribution in [0.1, 0.15) is 37.0 Å². The Labute approximate surface area is 117 Å². The van der Waals surface area contributed by atoms with Crippen LogP contribution in [0.2, 0.25) is 0 Å². The summed E-state index contributed by atoms with van der Waals surface area (Å²) < 4.78 is 5.03. The Kier molecular flexibility index (Phi) is 7.72. The first-order chi connectivity index (χ1) is 9.17. The van der Waals surface area contributed by atoms with Crippen molar-refractivity contribution in [3.05, 3.63) is 35.4 Å². The number of aliphatic hydroxyl groups is 1. The van der Waals surface area contributed by atoms with Gasteiger partial charge in [-0.3, -0.25) is 0 Å². The Bertz CT molecular complexity index is 337. The lowest BCUT2D eigenvalue weighted by atomic mass is 10.0. The highest BCUT2D eigenvalue weighted by molar-refractivity contribution is 5.24. The molecular weight excluding hydrogens is 238 g/mol. The Hall–Kier alpha value is -0.900. The van der Waals surface area contributed by atoms with Crippen molar-refractivity contribution in [3.63, 3.8) is 0 Å². The van der Waals surface area contributed by atoms with E-state index in [1.54, 1.807) is 7.11 Å². The van der Waals surface area contributed by atoms with Crippen LogP contribution in [0, 0.1) is 0 Å². The molecule has 0 aliphatic heterocycles. The van der Waals surface area contributed by atoms with Crippen molar-refractivity contribution in [2.24, 2.45) is 0 Å². The van der Waals surface area contributed by atoms with Crippen LogP contribution in [-0.4, -0.2) is 43.9 Å². The number of benzene rings is 1. The Balaban J connectivity index is 2.41. The normalized spacial score (nSPS) is 12.9. The van der Waals surface area contributed by atoms with Crippen molar-refractivity contribution in [2.45, 2.75) is 32.3 Å². The van der Waals surface area contributed by atoms with Crippen LogP contribution >= 0.6 is 0 Å². The van der Waals surface area contributed by atoms with Gasteiger partial charge < -0.3 is 14.7 Å². The van der Waals surface area contributed by atoms with Gasteiger partial charge in [-0.05, 0) is 31.0 Å². The van der Waals surface area contributed by atoms with E-state index in [0.29, 0.717) is 6.54 Å². The fourth-order valence-corrected chi connectivity index (χ4v) is 2.17. The minimum atomic E-state index is -0.414. The predicted octanol–water partition coefficient (Wildman–Crippen LogP) is 2.64. The molecule has 3 heteroatoms. The Morgan fingerprint density at radius 3 is 2.53 bits per heavy atom. The molecule has 19 heavy (non-hydrogen) atoms. The summed E-state index contributed by atoms with van der Waals surface area (Å²) in [5.74, 6) is 0. The minimum Gasteiger partial charge on any atom is -0.387 e. The first-order valence-electron chi connectivity index (χ1n) is 7.11. The highest BCUT2D eigenvalue weighted by Gasteiger charge is 2.10. The molecule has 1 aromatic carbocycles. The molecule has 1 unspecified atom stereocenters. The van der Waals surface area contributed by atoms with E-state index in [1.165, 1.54) is 5.56 Å². The predicted molar refractivity (Wildman–Crippen MR) is 79.4 cm³/mol. The Morgan fingerprint density at radius 2 is 1.95 bits per heavy atom. The fourth-order valence-electron chi connectivity index (χ4n) is 2.17. The zero-order chi connectivity index (χ0) is 14.1. The van der Waals surface area contributed by atoms with E-state index in [0.717, 1.165) is 38.0 Å². The fraction of sp³-hybridized carbons (Fsp3) is 0.625. The first kappa shape index (κ1) is 16.2. The number of aliphatic hydroxyl groups excluding tert-OH is 1. The lowest BCUT2D eigenvalue weighted by molar-refractivity contribution is 0.117. The minimum absolute atomic E-state index is 0.414. The van der Waals surface area contributed by atoms with Gasteiger partial charge in [0.25, 0.3) is 0 Å². The summed E-state index contributed by atoms with van der Waals surface area (Å²) in [6, 6.07) is 8.32. The van der Waals surface area contributed by atoms with Crippen molar-refractivity contribution in [3.8, 4) is 0 Å². The third-order valence-electron chi connectivity index (χ3n) is 3.28. The number of likely N-dealkylation sites (N-methyl/N-ethyl adjacent to an activating group) is 1. The van der Waals surface area contributed by atoms with E-state index in [2.05, 4.69) is 24.0 Å². The van der Waals surface area contributed by atoms with Crippen molar-refractivity contribution >= 4 is 0 Å². The lowest BCUT2D eigenvalue weighted by Crippen LogP contribution is -2.26. The van der Waals surface area contributed by atoms with E-state index in [1.807, 2.05) is 19.2 Å². The molecule has 0 saturated carbocycles. The second-order valence-corrected chi connectivity index (χ2v) is 5.12. The van der Waals surface area contributed by atoms with Gasteiger partial charge in [0.2, 0.25) is 0 Å². The molecular formula is C16H27NO2. The molecule has 0 bridgehead atoms. The number of ether oxygens (including phenoxy) is 1. The molecule has 0 aliphatic carbocycles. The van der Waals surface area contributed by atoms with E-state index in [9.17, 15) is 5.11 Å². The average Bonchev–Trinajstić information content (AvgIpc) is 2.40. The molecule has 0 saturated heterocycles. The number of aryl methyl sites for hydroxylation is 1. The van der Waals surface area contributed by atoms with Crippen molar-refractivity contribution in [1.82, 2.24) is 4.90 Å². The van der Waals surface area contributed by atoms with Crippen LogP contribution in [-0.2, 0) is 11.2 Å². The molecule has 0 fully saturated rings. The topological polar surface area (TPSA) is 32.7 Å². The lowest BCUT2D eigenvalue weighted by Gasteiger charge is -2.20. The van der Waals surface area contributed by atoms with Gasteiger partial charge in [0.05, 0.1) is 6.10 Å². The molecule has 0 spiro atoms. The summed E-state index contributed by atoms with van der Waals surface area (Å²) >= 11 is 0. The number of rotatable bonds is 9. The smallest absolute Gasteiger partial charge is 0.0916 e. The highest BCUT2D eigenvalue weighted by atomic mass is 16.5. The van der Waals surface area contributed by atoms with E-state index in [4.69, 9.17) is 4.74 Å².